The normalized spacial score (nSPS) is 17.2. The summed E-state index contributed by atoms with van der Waals surface area (Å²) in [5.41, 5.74) is 4.13. The SMILES string of the molecule is Cc1ccc(C(C)(Cl)/N=N/C(C)(Cl)c2ccc(C)cc2)cc1. The summed E-state index contributed by atoms with van der Waals surface area (Å²) < 4.78 is 0. The van der Waals surface area contributed by atoms with E-state index in [0.717, 1.165) is 11.1 Å². The second kappa shape index (κ2) is 6.39. The van der Waals surface area contributed by atoms with Crippen molar-refractivity contribution in [2.75, 3.05) is 0 Å². The van der Waals surface area contributed by atoms with Crippen molar-refractivity contribution in [3.63, 3.8) is 0 Å². The maximum atomic E-state index is 6.51. The molecule has 0 aliphatic carbocycles. The summed E-state index contributed by atoms with van der Waals surface area (Å²) in [5.74, 6) is 0. The summed E-state index contributed by atoms with van der Waals surface area (Å²) in [4.78, 5) is -1.87. The van der Waals surface area contributed by atoms with Crippen LogP contribution in [0.2, 0.25) is 0 Å². The highest BCUT2D eigenvalue weighted by atomic mass is 35.5. The molecular formula is C18H20Cl2N2. The molecule has 0 aliphatic heterocycles. The van der Waals surface area contributed by atoms with Crippen molar-refractivity contribution < 1.29 is 0 Å². The van der Waals surface area contributed by atoms with Crippen LogP contribution in [0.3, 0.4) is 0 Å². The first-order chi connectivity index (χ1) is 10.2. The van der Waals surface area contributed by atoms with Crippen LogP contribution in [0.1, 0.15) is 36.1 Å². The monoisotopic (exact) mass is 334 g/mol. The molecule has 0 heterocycles. The minimum absolute atomic E-state index is 0.889. The maximum Gasteiger partial charge on any atom is 0.176 e. The first-order valence-electron chi connectivity index (χ1n) is 7.17. The van der Waals surface area contributed by atoms with Gasteiger partial charge in [0.2, 0.25) is 0 Å². The van der Waals surface area contributed by atoms with Crippen molar-refractivity contribution in [3.8, 4) is 0 Å². The zero-order chi connectivity index (χ0) is 16.4. The van der Waals surface area contributed by atoms with Crippen molar-refractivity contribution in [3.05, 3.63) is 70.8 Å². The van der Waals surface area contributed by atoms with Crippen LogP contribution in [0.15, 0.2) is 58.8 Å². The Balaban J connectivity index is 2.25. The lowest BCUT2D eigenvalue weighted by molar-refractivity contribution is 0.577. The van der Waals surface area contributed by atoms with Crippen LogP contribution in [-0.4, -0.2) is 0 Å². The third-order valence-electron chi connectivity index (χ3n) is 3.58. The largest absolute Gasteiger partial charge is 0.176 e. The molecule has 116 valence electrons. The number of halogens is 2. The molecule has 0 saturated carbocycles. The lowest BCUT2D eigenvalue weighted by atomic mass is 10.1. The van der Waals surface area contributed by atoms with E-state index in [1.165, 1.54) is 11.1 Å². The van der Waals surface area contributed by atoms with Gasteiger partial charge in [-0.2, -0.15) is 10.2 Å². The molecule has 2 aromatic rings. The number of alkyl halides is 2. The Labute approximate surface area is 142 Å². The number of nitrogens with zero attached hydrogens (tertiary/aromatic N) is 2. The lowest BCUT2D eigenvalue weighted by Crippen LogP contribution is -2.14. The molecule has 0 radical (unpaired) electrons. The average Bonchev–Trinajstić information content (AvgIpc) is 2.46. The number of hydrogen-bond donors (Lipinski definition) is 0. The molecule has 0 bridgehead atoms. The van der Waals surface area contributed by atoms with Crippen molar-refractivity contribution in [1.29, 1.82) is 0 Å². The van der Waals surface area contributed by atoms with E-state index >= 15 is 0 Å². The van der Waals surface area contributed by atoms with Crippen LogP contribution < -0.4 is 0 Å². The van der Waals surface area contributed by atoms with Gasteiger partial charge >= 0.3 is 0 Å². The molecule has 0 amide bonds. The van der Waals surface area contributed by atoms with Gasteiger partial charge in [0, 0.05) is 0 Å². The Morgan fingerprint density at radius 1 is 0.636 bits per heavy atom. The van der Waals surface area contributed by atoms with Gasteiger partial charge in [0.15, 0.2) is 10.00 Å². The van der Waals surface area contributed by atoms with Crippen molar-refractivity contribution in [1.82, 2.24) is 0 Å². The fourth-order valence-electron chi connectivity index (χ4n) is 2.02. The highest BCUT2D eigenvalue weighted by Gasteiger charge is 2.27. The Morgan fingerprint density at radius 2 is 0.909 bits per heavy atom. The highest BCUT2D eigenvalue weighted by Crippen LogP contribution is 2.36. The molecule has 0 aliphatic rings. The third kappa shape index (κ3) is 4.08. The number of rotatable bonds is 4. The second-order valence-corrected chi connectivity index (χ2v) is 7.31. The number of aryl methyl sites for hydroxylation is 2. The molecule has 2 aromatic carbocycles. The van der Waals surface area contributed by atoms with Crippen LogP contribution in [0.5, 0.6) is 0 Å². The van der Waals surface area contributed by atoms with E-state index in [4.69, 9.17) is 23.2 Å². The van der Waals surface area contributed by atoms with E-state index in [2.05, 4.69) is 10.2 Å². The number of azo groups is 1. The minimum Gasteiger partial charge on any atom is -0.164 e. The van der Waals surface area contributed by atoms with Crippen LogP contribution in [0.25, 0.3) is 0 Å². The quantitative estimate of drug-likeness (QED) is 0.357. The molecule has 2 nitrogen and oxygen atoms in total. The van der Waals surface area contributed by atoms with E-state index in [-0.39, 0.29) is 0 Å². The molecule has 0 N–H and O–H groups in total. The smallest absolute Gasteiger partial charge is 0.164 e. The van der Waals surface area contributed by atoms with Gasteiger partial charge in [-0.1, -0.05) is 82.9 Å². The molecule has 2 rings (SSSR count). The summed E-state index contributed by atoms with van der Waals surface area (Å²) in [6, 6.07) is 15.8. The summed E-state index contributed by atoms with van der Waals surface area (Å²) >= 11 is 13.0. The summed E-state index contributed by atoms with van der Waals surface area (Å²) in [6.45, 7) is 7.68. The fourth-order valence-corrected chi connectivity index (χ4v) is 2.35. The van der Waals surface area contributed by atoms with Gasteiger partial charge < -0.3 is 0 Å². The third-order valence-corrected chi connectivity index (χ3v) is 4.17. The Bertz CT molecular complexity index is 597. The molecule has 0 fully saturated rings. The molecule has 2 atom stereocenters. The average molecular weight is 335 g/mol. The van der Waals surface area contributed by atoms with Crippen LogP contribution in [0.4, 0.5) is 0 Å². The van der Waals surface area contributed by atoms with Gasteiger partial charge in [0.25, 0.3) is 0 Å². The molecule has 0 saturated heterocycles. The zero-order valence-corrected chi connectivity index (χ0v) is 14.8. The van der Waals surface area contributed by atoms with E-state index < -0.39 is 10.00 Å². The topological polar surface area (TPSA) is 24.7 Å². The first-order valence-corrected chi connectivity index (χ1v) is 7.92. The van der Waals surface area contributed by atoms with E-state index in [0.29, 0.717) is 0 Å². The van der Waals surface area contributed by atoms with Crippen LogP contribution >= 0.6 is 23.2 Å². The summed E-state index contributed by atoms with van der Waals surface area (Å²) in [7, 11) is 0. The number of hydrogen-bond acceptors (Lipinski definition) is 2. The highest BCUT2D eigenvalue weighted by molar-refractivity contribution is 6.24. The van der Waals surface area contributed by atoms with Crippen LogP contribution in [-0.2, 0) is 10.00 Å². The molecule has 0 aromatic heterocycles. The number of benzene rings is 2. The second-order valence-electron chi connectivity index (χ2n) is 5.84. The first kappa shape index (κ1) is 17.0. The fraction of sp³-hybridized carbons (Fsp3) is 0.333. The molecule has 0 spiro atoms. The van der Waals surface area contributed by atoms with Gasteiger partial charge in [-0.3, -0.25) is 0 Å². The molecule has 22 heavy (non-hydrogen) atoms. The molecule has 2 unspecified atom stereocenters. The Kier molecular flexibility index (Phi) is 4.93. The molecular weight excluding hydrogens is 315 g/mol. The standard InChI is InChI=1S/C18H20Cl2N2/c1-13-5-9-15(10-6-13)17(3,19)21-22-18(4,20)16-11-7-14(2)8-12-16/h5-12H,1-4H3/b22-21+. The van der Waals surface area contributed by atoms with Gasteiger partial charge in [0.1, 0.15) is 0 Å². The Hall–Kier alpha value is -1.38. The van der Waals surface area contributed by atoms with Gasteiger partial charge in [-0.25, -0.2) is 0 Å². The Morgan fingerprint density at radius 3 is 1.18 bits per heavy atom. The van der Waals surface area contributed by atoms with E-state index in [1.54, 1.807) is 0 Å². The maximum absolute atomic E-state index is 6.51. The lowest BCUT2D eigenvalue weighted by Gasteiger charge is -2.21. The van der Waals surface area contributed by atoms with E-state index in [9.17, 15) is 0 Å². The minimum atomic E-state index is -0.936. The van der Waals surface area contributed by atoms with Gasteiger partial charge in [0.05, 0.1) is 0 Å². The molecule has 4 heteroatoms. The predicted molar refractivity (Wildman–Crippen MR) is 93.6 cm³/mol. The van der Waals surface area contributed by atoms with Crippen molar-refractivity contribution in [2.45, 2.75) is 37.7 Å². The zero-order valence-electron chi connectivity index (χ0n) is 13.3. The summed E-state index contributed by atoms with van der Waals surface area (Å²) in [5, 5.41) is 8.57. The predicted octanol–water partition coefficient (Wildman–Crippen LogP) is 6.28. The van der Waals surface area contributed by atoms with Crippen molar-refractivity contribution in [2.24, 2.45) is 10.2 Å². The van der Waals surface area contributed by atoms with Crippen molar-refractivity contribution >= 4 is 23.2 Å². The van der Waals surface area contributed by atoms with E-state index in [1.807, 2.05) is 76.2 Å². The van der Waals surface area contributed by atoms with Gasteiger partial charge in [-0.15, -0.1) is 0 Å². The van der Waals surface area contributed by atoms with Gasteiger partial charge in [-0.05, 0) is 38.8 Å². The van der Waals surface area contributed by atoms with Crippen LogP contribution in [0, 0.1) is 13.8 Å². The summed E-state index contributed by atoms with van der Waals surface area (Å²) in [6.07, 6.45) is 0.